The van der Waals surface area contributed by atoms with Gasteiger partial charge < -0.3 is 19.7 Å². The molecule has 1 aromatic carbocycles. The van der Waals surface area contributed by atoms with Crippen LogP contribution < -0.4 is 14.8 Å². The minimum absolute atomic E-state index is 0.155. The molecule has 0 aliphatic carbocycles. The molecule has 1 aromatic rings. The summed E-state index contributed by atoms with van der Waals surface area (Å²) in [6.07, 6.45) is 2.75. The molecule has 22 heavy (non-hydrogen) atoms. The van der Waals surface area contributed by atoms with Gasteiger partial charge >= 0.3 is 0 Å². The van der Waals surface area contributed by atoms with Gasteiger partial charge in [-0.25, -0.2) is 0 Å². The van der Waals surface area contributed by atoms with Crippen LogP contribution in [0.3, 0.4) is 0 Å². The third-order valence-electron chi connectivity index (χ3n) is 4.19. The number of piperidine rings is 1. The Bertz CT molecular complexity index is 454. The van der Waals surface area contributed by atoms with Gasteiger partial charge in [0.05, 0.1) is 13.2 Å². The maximum absolute atomic E-state index is 5.75. The van der Waals surface area contributed by atoms with Crippen LogP contribution in [0, 0.1) is 5.92 Å². The van der Waals surface area contributed by atoms with Gasteiger partial charge in [0.1, 0.15) is 0 Å². The van der Waals surface area contributed by atoms with Gasteiger partial charge in [0.25, 0.3) is 0 Å². The third-order valence-corrected chi connectivity index (χ3v) is 4.19. The fraction of sp³-hybridized carbons (Fsp3) is 0.667. The highest BCUT2D eigenvalue weighted by molar-refractivity contribution is 5.43. The van der Waals surface area contributed by atoms with Crippen molar-refractivity contribution in [3.05, 3.63) is 23.8 Å². The van der Waals surface area contributed by atoms with E-state index in [4.69, 9.17) is 9.47 Å². The molecule has 1 N–H and O–H groups in total. The highest BCUT2D eigenvalue weighted by atomic mass is 16.5. The topological polar surface area (TPSA) is 33.7 Å². The molecule has 4 nitrogen and oxygen atoms in total. The van der Waals surface area contributed by atoms with E-state index < -0.39 is 0 Å². The molecular weight excluding hydrogens is 276 g/mol. The highest BCUT2D eigenvalue weighted by Crippen LogP contribution is 2.29. The molecule has 0 unspecified atom stereocenters. The zero-order valence-electron chi connectivity index (χ0n) is 14.4. The maximum atomic E-state index is 5.75. The lowest BCUT2D eigenvalue weighted by Gasteiger charge is -2.29. The summed E-state index contributed by atoms with van der Waals surface area (Å²) in [5.74, 6) is 2.44. The summed E-state index contributed by atoms with van der Waals surface area (Å²) >= 11 is 0. The Labute approximate surface area is 134 Å². The summed E-state index contributed by atoms with van der Waals surface area (Å²) in [7, 11) is 3.90. The second-order valence-corrected chi connectivity index (χ2v) is 6.53. The second-order valence-electron chi connectivity index (χ2n) is 6.53. The van der Waals surface area contributed by atoms with Crippen molar-refractivity contribution in [3.8, 4) is 11.5 Å². The van der Waals surface area contributed by atoms with Crippen molar-refractivity contribution < 1.29 is 9.47 Å². The fourth-order valence-electron chi connectivity index (χ4n) is 2.86. The molecule has 1 saturated heterocycles. The van der Waals surface area contributed by atoms with Gasteiger partial charge in [0.2, 0.25) is 0 Å². The molecular formula is C18H30N2O2. The van der Waals surface area contributed by atoms with Crippen LogP contribution in [0.1, 0.15) is 32.3 Å². The van der Waals surface area contributed by atoms with Crippen molar-refractivity contribution in [2.75, 3.05) is 33.8 Å². The Morgan fingerprint density at radius 1 is 1.23 bits per heavy atom. The van der Waals surface area contributed by atoms with Gasteiger partial charge in [-0.1, -0.05) is 6.07 Å². The summed E-state index contributed by atoms with van der Waals surface area (Å²) in [6, 6.07) is 6.19. The van der Waals surface area contributed by atoms with Crippen LogP contribution in [0.15, 0.2) is 18.2 Å². The van der Waals surface area contributed by atoms with Gasteiger partial charge in [0.15, 0.2) is 11.5 Å². The molecule has 1 aliphatic rings. The smallest absolute Gasteiger partial charge is 0.161 e. The lowest BCUT2D eigenvalue weighted by molar-refractivity contribution is 0.216. The van der Waals surface area contributed by atoms with Gasteiger partial charge in [-0.3, -0.25) is 0 Å². The van der Waals surface area contributed by atoms with E-state index in [0.29, 0.717) is 0 Å². The number of hydrogen-bond acceptors (Lipinski definition) is 4. The minimum atomic E-state index is 0.155. The van der Waals surface area contributed by atoms with Crippen LogP contribution in [0.4, 0.5) is 0 Å². The molecule has 0 spiro atoms. The first-order valence-electron chi connectivity index (χ1n) is 8.31. The SMILES string of the molecule is COc1cc(CNCC2CCN(C)CC2)ccc1OC(C)C. The summed E-state index contributed by atoms with van der Waals surface area (Å²) < 4.78 is 11.2. The van der Waals surface area contributed by atoms with E-state index in [2.05, 4.69) is 29.4 Å². The molecule has 0 saturated carbocycles. The lowest BCUT2D eigenvalue weighted by atomic mass is 9.97. The summed E-state index contributed by atoms with van der Waals surface area (Å²) in [5.41, 5.74) is 1.24. The molecule has 124 valence electrons. The Morgan fingerprint density at radius 2 is 1.95 bits per heavy atom. The van der Waals surface area contributed by atoms with E-state index in [-0.39, 0.29) is 6.10 Å². The zero-order chi connectivity index (χ0) is 15.9. The van der Waals surface area contributed by atoms with Gasteiger partial charge in [-0.05, 0) is 77.0 Å². The van der Waals surface area contributed by atoms with Gasteiger partial charge in [0, 0.05) is 6.54 Å². The minimum Gasteiger partial charge on any atom is -0.493 e. The molecule has 2 rings (SSSR count). The number of nitrogens with one attached hydrogen (secondary N) is 1. The Kier molecular flexibility index (Phi) is 6.52. The van der Waals surface area contributed by atoms with Crippen molar-refractivity contribution in [2.24, 2.45) is 5.92 Å². The van der Waals surface area contributed by atoms with Crippen LogP contribution in [0.2, 0.25) is 0 Å². The summed E-state index contributed by atoms with van der Waals surface area (Å²) in [4.78, 5) is 2.41. The first kappa shape index (κ1) is 17.1. The monoisotopic (exact) mass is 306 g/mol. The quantitative estimate of drug-likeness (QED) is 0.840. The van der Waals surface area contributed by atoms with E-state index in [1.165, 1.54) is 31.5 Å². The second kappa shape index (κ2) is 8.39. The fourth-order valence-corrected chi connectivity index (χ4v) is 2.86. The molecule has 1 heterocycles. The van der Waals surface area contributed by atoms with Crippen LogP contribution in [0.25, 0.3) is 0 Å². The lowest BCUT2D eigenvalue weighted by Crippen LogP contribution is -2.34. The molecule has 1 fully saturated rings. The number of benzene rings is 1. The predicted octanol–water partition coefficient (Wildman–Crippen LogP) is 2.91. The number of ether oxygens (including phenoxy) is 2. The Hall–Kier alpha value is -1.26. The zero-order valence-corrected chi connectivity index (χ0v) is 14.4. The Balaban J connectivity index is 1.82. The van der Waals surface area contributed by atoms with Gasteiger partial charge in [-0.15, -0.1) is 0 Å². The first-order chi connectivity index (χ1) is 10.6. The van der Waals surface area contributed by atoms with E-state index in [1.54, 1.807) is 7.11 Å². The molecule has 0 bridgehead atoms. The number of likely N-dealkylation sites (tertiary alicyclic amines) is 1. The molecule has 0 radical (unpaired) electrons. The van der Waals surface area contributed by atoms with Crippen molar-refractivity contribution in [3.63, 3.8) is 0 Å². The number of methoxy groups -OCH3 is 1. The van der Waals surface area contributed by atoms with E-state index in [0.717, 1.165) is 30.5 Å². The highest BCUT2D eigenvalue weighted by Gasteiger charge is 2.16. The van der Waals surface area contributed by atoms with E-state index in [9.17, 15) is 0 Å². The number of rotatable bonds is 7. The van der Waals surface area contributed by atoms with Crippen molar-refractivity contribution in [1.82, 2.24) is 10.2 Å². The Morgan fingerprint density at radius 3 is 2.59 bits per heavy atom. The van der Waals surface area contributed by atoms with E-state index in [1.807, 2.05) is 19.9 Å². The van der Waals surface area contributed by atoms with Crippen molar-refractivity contribution in [2.45, 2.75) is 39.3 Å². The normalized spacial score (nSPS) is 17.0. The molecule has 0 atom stereocenters. The van der Waals surface area contributed by atoms with Crippen molar-refractivity contribution >= 4 is 0 Å². The number of nitrogens with zero attached hydrogens (tertiary/aromatic N) is 1. The largest absolute Gasteiger partial charge is 0.493 e. The number of hydrogen-bond donors (Lipinski definition) is 1. The molecule has 0 amide bonds. The summed E-state index contributed by atoms with van der Waals surface area (Å²) in [5, 5.41) is 3.58. The first-order valence-corrected chi connectivity index (χ1v) is 8.31. The molecule has 0 aromatic heterocycles. The average Bonchev–Trinajstić information content (AvgIpc) is 2.50. The standard InChI is InChI=1S/C18H30N2O2/c1-14(2)22-17-6-5-16(11-18(17)21-4)13-19-12-15-7-9-20(3)10-8-15/h5-6,11,14-15,19H,7-10,12-13H2,1-4H3. The average molecular weight is 306 g/mol. The van der Waals surface area contributed by atoms with Crippen molar-refractivity contribution in [1.29, 1.82) is 0 Å². The van der Waals surface area contributed by atoms with Crippen LogP contribution in [0.5, 0.6) is 11.5 Å². The summed E-state index contributed by atoms with van der Waals surface area (Å²) in [6.45, 7) is 8.47. The van der Waals surface area contributed by atoms with E-state index >= 15 is 0 Å². The van der Waals surface area contributed by atoms with Crippen LogP contribution in [-0.4, -0.2) is 44.8 Å². The van der Waals surface area contributed by atoms with Gasteiger partial charge in [-0.2, -0.15) is 0 Å². The maximum Gasteiger partial charge on any atom is 0.161 e. The molecule has 4 heteroatoms. The van der Waals surface area contributed by atoms with Crippen LogP contribution in [-0.2, 0) is 6.54 Å². The van der Waals surface area contributed by atoms with Crippen LogP contribution >= 0.6 is 0 Å². The third kappa shape index (κ3) is 5.18. The molecule has 1 aliphatic heterocycles. The predicted molar refractivity (Wildman–Crippen MR) is 90.7 cm³/mol.